The van der Waals surface area contributed by atoms with Crippen molar-refractivity contribution in [3.63, 3.8) is 0 Å². The minimum absolute atomic E-state index is 0.203. The number of halogens is 1. The van der Waals surface area contributed by atoms with Gasteiger partial charge in [0.2, 0.25) is 5.91 Å². The number of primary amides is 1. The number of hydrogen-bond donors (Lipinski definition) is 2. The van der Waals surface area contributed by atoms with Crippen molar-refractivity contribution in [2.24, 2.45) is 5.73 Å². The second-order valence-corrected chi connectivity index (χ2v) is 6.45. The molecule has 0 radical (unpaired) electrons. The third kappa shape index (κ3) is 5.66. The van der Waals surface area contributed by atoms with Crippen LogP contribution < -0.4 is 15.8 Å². The lowest BCUT2D eigenvalue weighted by molar-refractivity contribution is 0.100. The van der Waals surface area contributed by atoms with E-state index < -0.39 is 5.91 Å². The van der Waals surface area contributed by atoms with Gasteiger partial charge in [0.05, 0.1) is 0 Å². The molecule has 0 bridgehead atoms. The van der Waals surface area contributed by atoms with Gasteiger partial charge in [0.25, 0.3) is 0 Å². The summed E-state index contributed by atoms with van der Waals surface area (Å²) in [6.07, 6.45) is 0.775. The minimum atomic E-state index is -0.438. The second-order valence-electron chi connectivity index (χ2n) is 6.45. The summed E-state index contributed by atoms with van der Waals surface area (Å²) in [7, 11) is 0. The SMILES string of the molecule is NC(=O)c1cccc(-c2ccc(OCCNCCc3cccc(F)c3)cc2)c1. The van der Waals surface area contributed by atoms with E-state index in [-0.39, 0.29) is 5.82 Å². The molecule has 0 heterocycles. The van der Waals surface area contributed by atoms with Gasteiger partial charge in [-0.2, -0.15) is 0 Å². The molecule has 1 amide bonds. The normalized spacial score (nSPS) is 10.6. The minimum Gasteiger partial charge on any atom is -0.492 e. The van der Waals surface area contributed by atoms with Crippen LogP contribution in [0.2, 0.25) is 0 Å². The van der Waals surface area contributed by atoms with Crippen molar-refractivity contribution in [1.82, 2.24) is 5.32 Å². The number of carbonyl (C=O) groups excluding carboxylic acids is 1. The Kier molecular flexibility index (Phi) is 6.76. The molecule has 4 nitrogen and oxygen atoms in total. The van der Waals surface area contributed by atoms with Crippen LogP contribution in [0.15, 0.2) is 72.8 Å². The van der Waals surface area contributed by atoms with E-state index >= 15 is 0 Å². The van der Waals surface area contributed by atoms with Gasteiger partial charge < -0.3 is 15.8 Å². The number of hydrogen-bond acceptors (Lipinski definition) is 3. The van der Waals surface area contributed by atoms with Crippen LogP contribution in [0.3, 0.4) is 0 Å². The number of nitrogens with one attached hydrogen (secondary N) is 1. The van der Waals surface area contributed by atoms with Crippen LogP contribution in [-0.2, 0) is 6.42 Å². The molecule has 0 saturated carbocycles. The molecule has 0 aliphatic heterocycles. The summed E-state index contributed by atoms with van der Waals surface area (Å²) in [5, 5.41) is 3.29. The Balaban J connectivity index is 1.42. The summed E-state index contributed by atoms with van der Waals surface area (Å²) in [6, 6.07) is 21.6. The first-order chi connectivity index (χ1) is 13.6. The van der Waals surface area contributed by atoms with Gasteiger partial charge in [-0.3, -0.25) is 4.79 Å². The van der Waals surface area contributed by atoms with Gasteiger partial charge in [-0.05, 0) is 66.1 Å². The Morgan fingerprint density at radius 3 is 2.46 bits per heavy atom. The molecule has 0 aliphatic rings. The van der Waals surface area contributed by atoms with Crippen LogP contribution in [-0.4, -0.2) is 25.6 Å². The number of ether oxygens (including phenoxy) is 1. The van der Waals surface area contributed by atoms with E-state index in [2.05, 4.69) is 5.32 Å². The first-order valence-corrected chi connectivity index (χ1v) is 9.20. The quantitative estimate of drug-likeness (QED) is 0.557. The summed E-state index contributed by atoms with van der Waals surface area (Å²) in [4.78, 5) is 11.3. The monoisotopic (exact) mass is 378 g/mol. The standard InChI is InChI=1S/C23H23FN2O2/c24-21-6-1-3-17(15-21)11-12-26-13-14-28-22-9-7-18(8-10-22)19-4-2-5-20(16-19)23(25)27/h1-10,15-16,26H,11-14H2,(H2,25,27). The highest BCUT2D eigenvalue weighted by molar-refractivity contribution is 5.94. The van der Waals surface area contributed by atoms with Crippen molar-refractivity contribution in [3.05, 3.63) is 89.7 Å². The van der Waals surface area contributed by atoms with E-state index in [0.717, 1.165) is 35.4 Å². The predicted octanol–water partition coefficient (Wildman–Crippen LogP) is 3.80. The fourth-order valence-corrected chi connectivity index (χ4v) is 2.89. The third-order valence-corrected chi connectivity index (χ3v) is 4.36. The average Bonchev–Trinajstić information content (AvgIpc) is 2.71. The largest absolute Gasteiger partial charge is 0.492 e. The summed E-state index contributed by atoms with van der Waals surface area (Å²) in [5.74, 6) is 0.138. The predicted molar refractivity (Wildman–Crippen MR) is 109 cm³/mol. The van der Waals surface area contributed by atoms with Gasteiger partial charge >= 0.3 is 0 Å². The van der Waals surface area contributed by atoms with Gasteiger partial charge in [0.1, 0.15) is 18.2 Å². The molecular formula is C23H23FN2O2. The molecule has 0 fully saturated rings. The van der Waals surface area contributed by atoms with Gasteiger partial charge in [0, 0.05) is 12.1 Å². The number of amides is 1. The topological polar surface area (TPSA) is 64.4 Å². The summed E-state index contributed by atoms with van der Waals surface area (Å²) in [5.41, 5.74) is 8.72. The molecule has 0 saturated heterocycles. The first kappa shape index (κ1) is 19.6. The van der Waals surface area contributed by atoms with Gasteiger partial charge in [-0.15, -0.1) is 0 Å². The first-order valence-electron chi connectivity index (χ1n) is 9.20. The van der Waals surface area contributed by atoms with Crippen LogP contribution >= 0.6 is 0 Å². The fraction of sp³-hybridized carbons (Fsp3) is 0.174. The molecule has 3 aromatic rings. The summed E-state index contributed by atoms with van der Waals surface area (Å²) >= 11 is 0. The molecule has 0 unspecified atom stereocenters. The smallest absolute Gasteiger partial charge is 0.248 e. The van der Waals surface area contributed by atoms with Crippen molar-refractivity contribution in [3.8, 4) is 16.9 Å². The molecule has 28 heavy (non-hydrogen) atoms. The lowest BCUT2D eigenvalue weighted by Crippen LogP contribution is -2.23. The highest BCUT2D eigenvalue weighted by Crippen LogP contribution is 2.23. The van der Waals surface area contributed by atoms with Crippen molar-refractivity contribution in [2.45, 2.75) is 6.42 Å². The molecule has 3 rings (SSSR count). The Labute approximate surface area is 164 Å². The molecular weight excluding hydrogens is 355 g/mol. The van der Waals surface area contributed by atoms with E-state index in [1.165, 1.54) is 6.07 Å². The van der Waals surface area contributed by atoms with E-state index in [9.17, 15) is 9.18 Å². The molecule has 144 valence electrons. The summed E-state index contributed by atoms with van der Waals surface area (Å²) < 4.78 is 18.8. The van der Waals surface area contributed by atoms with E-state index in [4.69, 9.17) is 10.5 Å². The molecule has 3 N–H and O–H groups in total. The number of benzene rings is 3. The van der Waals surface area contributed by atoms with E-state index in [0.29, 0.717) is 18.7 Å². The highest BCUT2D eigenvalue weighted by Gasteiger charge is 2.04. The maximum Gasteiger partial charge on any atom is 0.248 e. The molecule has 3 aromatic carbocycles. The number of rotatable bonds is 9. The third-order valence-electron chi connectivity index (χ3n) is 4.36. The molecule has 0 atom stereocenters. The Morgan fingerprint density at radius 2 is 1.71 bits per heavy atom. The number of carbonyl (C=O) groups is 1. The molecule has 0 aliphatic carbocycles. The van der Waals surface area contributed by atoms with Gasteiger partial charge in [0.15, 0.2) is 0 Å². The van der Waals surface area contributed by atoms with Crippen molar-refractivity contribution in [2.75, 3.05) is 19.7 Å². The zero-order chi connectivity index (χ0) is 19.8. The maximum absolute atomic E-state index is 13.1. The molecule has 0 aromatic heterocycles. The second kappa shape index (κ2) is 9.67. The zero-order valence-corrected chi connectivity index (χ0v) is 15.5. The van der Waals surface area contributed by atoms with Gasteiger partial charge in [-0.25, -0.2) is 4.39 Å². The fourth-order valence-electron chi connectivity index (χ4n) is 2.89. The van der Waals surface area contributed by atoms with Crippen molar-refractivity contribution >= 4 is 5.91 Å². The van der Waals surface area contributed by atoms with Crippen molar-refractivity contribution in [1.29, 1.82) is 0 Å². The van der Waals surface area contributed by atoms with Crippen LogP contribution in [0.25, 0.3) is 11.1 Å². The molecule has 5 heteroatoms. The van der Waals surface area contributed by atoms with Crippen molar-refractivity contribution < 1.29 is 13.9 Å². The summed E-state index contributed by atoms with van der Waals surface area (Å²) in [6.45, 7) is 2.01. The lowest BCUT2D eigenvalue weighted by atomic mass is 10.0. The van der Waals surface area contributed by atoms with Gasteiger partial charge in [-0.1, -0.05) is 36.4 Å². The van der Waals surface area contributed by atoms with Crippen LogP contribution in [0.4, 0.5) is 4.39 Å². The number of nitrogens with two attached hydrogens (primary N) is 1. The zero-order valence-electron chi connectivity index (χ0n) is 15.5. The van der Waals surface area contributed by atoms with E-state index in [1.54, 1.807) is 24.3 Å². The van der Waals surface area contributed by atoms with Crippen LogP contribution in [0.1, 0.15) is 15.9 Å². The maximum atomic E-state index is 13.1. The Morgan fingerprint density at radius 1 is 0.929 bits per heavy atom. The highest BCUT2D eigenvalue weighted by atomic mass is 19.1. The van der Waals surface area contributed by atoms with Crippen LogP contribution in [0.5, 0.6) is 5.75 Å². The average molecular weight is 378 g/mol. The molecule has 0 spiro atoms. The Hall–Kier alpha value is -3.18. The Bertz CT molecular complexity index is 926. The van der Waals surface area contributed by atoms with Crippen LogP contribution in [0, 0.1) is 5.82 Å². The van der Waals surface area contributed by atoms with E-state index in [1.807, 2.05) is 42.5 Å². The lowest BCUT2D eigenvalue weighted by Gasteiger charge is -2.09.